The first kappa shape index (κ1) is 10.9. The lowest BCUT2D eigenvalue weighted by Crippen LogP contribution is -1.97. The minimum atomic E-state index is -2.56. The van der Waals surface area contributed by atoms with Crippen molar-refractivity contribution in [3.8, 4) is 5.75 Å². The van der Waals surface area contributed by atoms with Crippen molar-refractivity contribution in [2.24, 2.45) is 0 Å². The molecule has 0 spiro atoms. The van der Waals surface area contributed by atoms with E-state index in [1.54, 1.807) is 22.6 Å². The number of hydrogen-bond acceptors (Lipinski definition) is 2. The van der Waals surface area contributed by atoms with Gasteiger partial charge in [-0.25, -0.2) is 13.8 Å². The van der Waals surface area contributed by atoms with Gasteiger partial charge in [0.2, 0.25) is 0 Å². The Morgan fingerprint density at radius 2 is 2.23 bits per heavy atom. The summed E-state index contributed by atoms with van der Waals surface area (Å²) in [5.74, 6) is 0.195. The van der Waals surface area contributed by atoms with Crippen LogP contribution in [0.5, 0.6) is 5.75 Å². The lowest BCUT2D eigenvalue weighted by atomic mass is 10.3. The van der Waals surface area contributed by atoms with Gasteiger partial charge < -0.3 is 4.74 Å². The van der Waals surface area contributed by atoms with Gasteiger partial charge in [-0.15, -0.1) is 0 Å². The van der Waals surface area contributed by atoms with Crippen LogP contribution in [-0.4, -0.2) is 12.1 Å². The normalized spacial score (nSPS) is 10.6. The molecule has 1 heterocycles. The molecule has 0 aliphatic rings. The van der Waals surface area contributed by atoms with E-state index in [1.165, 1.54) is 7.11 Å². The lowest BCUT2D eigenvalue weighted by Gasteiger charge is -2.08. The standard InChI is InChI=1S/C7H5ClF2INO/c1-13-5-4(11)3(7(9)10)2-12-6(5)8/h2,7H,1H3. The summed E-state index contributed by atoms with van der Waals surface area (Å²) in [5.41, 5.74) is -0.165. The van der Waals surface area contributed by atoms with Crippen LogP contribution in [0.3, 0.4) is 0 Å². The van der Waals surface area contributed by atoms with E-state index in [9.17, 15) is 8.78 Å². The molecule has 0 aliphatic heterocycles. The fourth-order valence-electron chi connectivity index (χ4n) is 0.789. The average molecular weight is 319 g/mol. The molecule has 1 aromatic heterocycles. The highest BCUT2D eigenvalue weighted by Gasteiger charge is 2.18. The molecular formula is C7H5ClF2INO. The van der Waals surface area contributed by atoms with Gasteiger partial charge in [0, 0.05) is 6.20 Å². The molecular weight excluding hydrogens is 314 g/mol. The van der Waals surface area contributed by atoms with Crippen molar-refractivity contribution in [1.29, 1.82) is 0 Å². The number of methoxy groups -OCH3 is 1. The SMILES string of the molecule is COc1c(Cl)ncc(C(F)F)c1I. The topological polar surface area (TPSA) is 22.1 Å². The Morgan fingerprint density at radius 1 is 1.62 bits per heavy atom. The van der Waals surface area contributed by atoms with Crippen LogP contribution >= 0.6 is 34.2 Å². The van der Waals surface area contributed by atoms with Crippen LogP contribution in [0.2, 0.25) is 5.15 Å². The molecule has 0 saturated heterocycles. The zero-order valence-electron chi connectivity index (χ0n) is 6.52. The van der Waals surface area contributed by atoms with E-state index in [0.29, 0.717) is 3.57 Å². The van der Waals surface area contributed by atoms with Crippen molar-refractivity contribution in [2.75, 3.05) is 7.11 Å². The number of ether oxygens (including phenoxy) is 1. The van der Waals surface area contributed by atoms with Crippen molar-refractivity contribution in [3.05, 3.63) is 20.5 Å². The molecule has 0 aromatic carbocycles. The highest BCUT2D eigenvalue weighted by Crippen LogP contribution is 2.34. The van der Waals surface area contributed by atoms with Crippen LogP contribution < -0.4 is 4.74 Å². The number of alkyl halides is 2. The summed E-state index contributed by atoms with van der Waals surface area (Å²) >= 11 is 7.37. The van der Waals surface area contributed by atoms with E-state index in [-0.39, 0.29) is 16.5 Å². The summed E-state index contributed by atoms with van der Waals surface area (Å²) in [6, 6.07) is 0. The molecule has 0 bridgehead atoms. The third-order valence-corrected chi connectivity index (χ3v) is 2.78. The minimum absolute atomic E-state index is 0.0938. The highest BCUT2D eigenvalue weighted by atomic mass is 127. The summed E-state index contributed by atoms with van der Waals surface area (Å²) < 4.78 is 29.8. The first-order valence-electron chi connectivity index (χ1n) is 3.24. The number of hydrogen-bond donors (Lipinski definition) is 0. The van der Waals surface area contributed by atoms with E-state index >= 15 is 0 Å². The van der Waals surface area contributed by atoms with Crippen LogP contribution in [0.15, 0.2) is 6.20 Å². The molecule has 0 radical (unpaired) electrons. The van der Waals surface area contributed by atoms with Gasteiger partial charge in [0.25, 0.3) is 6.43 Å². The van der Waals surface area contributed by atoms with Gasteiger partial charge >= 0.3 is 0 Å². The van der Waals surface area contributed by atoms with E-state index in [1.807, 2.05) is 0 Å². The number of aromatic nitrogens is 1. The van der Waals surface area contributed by atoms with E-state index < -0.39 is 6.43 Å². The Hall–Kier alpha value is -0.170. The molecule has 0 saturated carbocycles. The number of rotatable bonds is 2. The fourth-order valence-corrected chi connectivity index (χ4v) is 2.02. The van der Waals surface area contributed by atoms with Gasteiger partial charge in [-0.1, -0.05) is 11.6 Å². The summed E-state index contributed by atoms with van der Waals surface area (Å²) in [4.78, 5) is 3.59. The van der Waals surface area contributed by atoms with Gasteiger partial charge in [-0.05, 0) is 22.6 Å². The molecule has 72 valence electrons. The Labute approximate surface area is 92.4 Å². The fraction of sp³-hybridized carbons (Fsp3) is 0.286. The van der Waals surface area contributed by atoms with Crippen LogP contribution in [-0.2, 0) is 0 Å². The van der Waals surface area contributed by atoms with Crippen molar-refractivity contribution in [3.63, 3.8) is 0 Å². The number of halogens is 4. The quantitative estimate of drug-likeness (QED) is 0.616. The molecule has 0 N–H and O–H groups in total. The largest absolute Gasteiger partial charge is 0.492 e. The maximum absolute atomic E-state index is 12.3. The van der Waals surface area contributed by atoms with Crippen LogP contribution in [0.1, 0.15) is 12.0 Å². The lowest BCUT2D eigenvalue weighted by molar-refractivity contribution is 0.149. The van der Waals surface area contributed by atoms with Crippen molar-refractivity contribution < 1.29 is 13.5 Å². The molecule has 1 rings (SSSR count). The smallest absolute Gasteiger partial charge is 0.266 e. The summed E-state index contributed by atoms with van der Waals surface area (Å²) in [6.45, 7) is 0. The Kier molecular flexibility index (Phi) is 3.66. The highest BCUT2D eigenvalue weighted by molar-refractivity contribution is 14.1. The van der Waals surface area contributed by atoms with Gasteiger partial charge in [0.15, 0.2) is 10.9 Å². The van der Waals surface area contributed by atoms with Crippen LogP contribution in [0.4, 0.5) is 8.78 Å². The van der Waals surface area contributed by atoms with Gasteiger partial charge in [0.1, 0.15) is 0 Å². The van der Waals surface area contributed by atoms with Gasteiger partial charge in [-0.2, -0.15) is 0 Å². The molecule has 0 fully saturated rings. The molecule has 2 nitrogen and oxygen atoms in total. The average Bonchev–Trinajstić information content (AvgIpc) is 2.04. The minimum Gasteiger partial charge on any atom is -0.492 e. The summed E-state index contributed by atoms with van der Waals surface area (Å²) in [6.07, 6.45) is -1.51. The monoisotopic (exact) mass is 319 g/mol. The molecule has 13 heavy (non-hydrogen) atoms. The predicted octanol–water partition coefficient (Wildman–Crippen LogP) is 3.29. The van der Waals surface area contributed by atoms with Crippen molar-refractivity contribution in [2.45, 2.75) is 6.43 Å². The third-order valence-electron chi connectivity index (χ3n) is 1.40. The molecule has 6 heteroatoms. The second-order valence-corrected chi connectivity index (χ2v) is 3.59. The predicted molar refractivity (Wildman–Crippen MR) is 53.5 cm³/mol. The number of nitrogens with zero attached hydrogens (tertiary/aromatic N) is 1. The first-order valence-corrected chi connectivity index (χ1v) is 4.69. The first-order chi connectivity index (χ1) is 6.07. The van der Waals surface area contributed by atoms with Gasteiger partial charge in [-0.3, -0.25) is 0 Å². The molecule has 0 unspecified atom stereocenters. The molecule has 0 atom stereocenters. The molecule has 0 amide bonds. The second-order valence-electron chi connectivity index (χ2n) is 2.15. The Bertz CT molecular complexity index is 322. The van der Waals surface area contributed by atoms with Gasteiger partial charge in [0.05, 0.1) is 16.2 Å². The molecule has 0 aliphatic carbocycles. The van der Waals surface area contributed by atoms with Crippen LogP contribution in [0.25, 0.3) is 0 Å². The zero-order valence-corrected chi connectivity index (χ0v) is 9.44. The van der Waals surface area contributed by atoms with Crippen molar-refractivity contribution >= 4 is 34.2 Å². The second kappa shape index (κ2) is 4.36. The maximum atomic E-state index is 12.3. The van der Waals surface area contributed by atoms with Crippen molar-refractivity contribution in [1.82, 2.24) is 4.98 Å². The van der Waals surface area contributed by atoms with E-state index in [4.69, 9.17) is 16.3 Å². The Morgan fingerprint density at radius 3 is 2.69 bits per heavy atom. The summed E-state index contributed by atoms with van der Waals surface area (Å²) in [7, 11) is 1.36. The van der Waals surface area contributed by atoms with E-state index in [2.05, 4.69) is 4.98 Å². The molecule has 1 aromatic rings. The summed E-state index contributed by atoms with van der Waals surface area (Å²) in [5, 5.41) is 0.0938. The Balaban J connectivity index is 3.27. The third kappa shape index (κ3) is 2.19. The zero-order chi connectivity index (χ0) is 10.0. The number of pyridine rings is 1. The van der Waals surface area contributed by atoms with E-state index in [0.717, 1.165) is 6.20 Å². The maximum Gasteiger partial charge on any atom is 0.266 e. The van der Waals surface area contributed by atoms with Crippen LogP contribution in [0, 0.1) is 3.57 Å².